The molecular weight excluding hydrogens is 410 g/mol. The molecule has 0 unspecified atom stereocenters. The van der Waals surface area contributed by atoms with Crippen molar-refractivity contribution in [2.45, 2.75) is 12.3 Å². The van der Waals surface area contributed by atoms with Crippen LogP contribution in [0, 0.1) is 0 Å². The largest absolute Gasteiger partial charge is 0.507 e. The average Bonchev–Trinajstić information content (AvgIpc) is 3.22. The van der Waals surface area contributed by atoms with Gasteiger partial charge in [-0.1, -0.05) is 30.3 Å². The second-order valence-corrected chi connectivity index (χ2v) is 7.57. The van der Waals surface area contributed by atoms with E-state index >= 15 is 0 Å². The molecule has 5 aromatic rings. The van der Waals surface area contributed by atoms with E-state index in [0.29, 0.717) is 28.1 Å². The van der Waals surface area contributed by atoms with Crippen LogP contribution in [-0.2, 0) is 4.79 Å². The van der Waals surface area contributed by atoms with Gasteiger partial charge in [0.1, 0.15) is 28.2 Å². The van der Waals surface area contributed by atoms with Gasteiger partial charge >= 0.3 is 5.97 Å². The molecule has 4 heterocycles. The maximum absolute atomic E-state index is 13.0. The van der Waals surface area contributed by atoms with Crippen LogP contribution in [0.1, 0.15) is 23.5 Å². The molecule has 0 amide bonds. The molecule has 0 spiro atoms. The third-order valence-corrected chi connectivity index (χ3v) is 5.67. The summed E-state index contributed by atoms with van der Waals surface area (Å²) in [4.78, 5) is 29.8. The van der Waals surface area contributed by atoms with E-state index in [-0.39, 0.29) is 34.3 Å². The Labute approximate surface area is 180 Å². The molecule has 2 aromatic carbocycles. The first-order chi connectivity index (χ1) is 15.6. The zero-order chi connectivity index (χ0) is 21.8. The van der Waals surface area contributed by atoms with Crippen LogP contribution in [0.25, 0.3) is 27.9 Å². The van der Waals surface area contributed by atoms with Crippen molar-refractivity contribution in [1.82, 2.24) is 14.6 Å². The minimum Gasteiger partial charge on any atom is -0.507 e. The molecule has 0 saturated heterocycles. The summed E-state index contributed by atoms with van der Waals surface area (Å²) < 4.78 is 13.2. The molecule has 156 valence electrons. The number of carbonyl (C=O) groups excluding carboxylic acids is 1. The van der Waals surface area contributed by atoms with Crippen LogP contribution in [0.3, 0.4) is 0 Å². The number of benzene rings is 2. The second-order valence-electron chi connectivity index (χ2n) is 7.57. The van der Waals surface area contributed by atoms with Crippen molar-refractivity contribution >= 4 is 22.6 Å². The number of phenolic OH excluding ortho intramolecular Hbond substituents is 1. The third kappa shape index (κ3) is 2.70. The Bertz CT molecular complexity index is 1590. The molecule has 3 aromatic heterocycles. The van der Waals surface area contributed by atoms with Gasteiger partial charge in [-0.3, -0.25) is 9.59 Å². The van der Waals surface area contributed by atoms with E-state index in [1.54, 1.807) is 29.2 Å². The average molecular weight is 425 g/mol. The first kappa shape index (κ1) is 18.3. The lowest BCUT2D eigenvalue weighted by atomic mass is 9.86. The van der Waals surface area contributed by atoms with Crippen LogP contribution < -0.4 is 10.2 Å². The van der Waals surface area contributed by atoms with E-state index in [1.807, 2.05) is 30.3 Å². The number of nitrogens with zero attached hydrogens (tertiary/aromatic N) is 3. The Hall–Kier alpha value is -4.46. The summed E-state index contributed by atoms with van der Waals surface area (Å²) in [6, 6.07) is 13.6. The van der Waals surface area contributed by atoms with Crippen molar-refractivity contribution < 1.29 is 19.1 Å². The minimum atomic E-state index is -0.518. The van der Waals surface area contributed by atoms with E-state index in [9.17, 15) is 14.7 Å². The second kappa shape index (κ2) is 6.78. The van der Waals surface area contributed by atoms with Crippen molar-refractivity contribution in [2.75, 3.05) is 0 Å². The van der Waals surface area contributed by atoms with E-state index in [0.717, 1.165) is 0 Å². The van der Waals surface area contributed by atoms with Gasteiger partial charge in [-0.2, -0.15) is 5.10 Å². The Morgan fingerprint density at radius 1 is 1.09 bits per heavy atom. The summed E-state index contributed by atoms with van der Waals surface area (Å²) in [5.74, 6) is -0.781. The van der Waals surface area contributed by atoms with Crippen LogP contribution in [0.2, 0.25) is 0 Å². The predicted molar refractivity (Wildman–Crippen MR) is 115 cm³/mol. The molecule has 0 radical (unpaired) electrons. The lowest BCUT2D eigenvalue weighted by Gasteiger charge is -2.25. The van der Waals surface area contributed by atoms with E-state index in [2.05, 4.69) is 10.1 Å². The standard InChI is InChI=1S/C24H15N3O5/c28-16-10-18(13-5-2-1-3-6-13)32-23-21-14(15-12-26-27-8-4-7-25-24(15)27)9-20(30)31-19(21)11-17(29)22(16)23/h1-8,10-12,14,29H,9H2/t14-/m0/s1. The highest BCUT2D eigenvalue weighted by atomic mass is 16.5. The smallest absolute Gasteiger partial charge is 0.312 e. The number of aromatic nitrogens is 3. The van der Waals surface area contributed by atoms with Crippen molar-refractivity contribution in [2.24, 2.45) is 0 Å². The highest BCUT2D eigenvalue weighted by molar-refractivity contribution is 5.93. The number of aromatic hydroxyl groups is 1. The number of rotatable bonds is 2. The summed E-state index contributed by atoms with van der Waals surface area (Å²) in [6.07, 6.45) is 5.07. The maximum atomic E-state index is 13.0. The van der Waals surface area contributed by atoms with Crippen LogP contribution >= 0.6 is 0 Å². The Morgan fingerprint density at radius 3 is 2.78 bits per heavy atom. The molecular formula is C24H15N3O5. The topological polar surface area (TPSA) is 107 Å². The highest BCUT2D eigenvalue weighted by Gasteiger charge is 2.35. The van der Waals surface area contributed by atoms with Gasteiger partial charge in [0.25, 0.3) is 0 Å². The van der Waals surface area contributed by atoms with Gasteiger partial charge < -0.3 is 14.3 Å². The number of hydrogen-bond donors (Lipinski definition) is 1. The van der Waals surface area contributed by atoms with Crippen molar-refractivity contribution in [3.05, 3.63) is 88.5 Å². The van der Waals surface area contributed by atoms with Crippen molar-refractivity contribution in [3.63, 3.8) is 0 Å². The van der Waals surface area contributed by atoms with Crippen LogP contribution in [0.4, 0.5) is 0 Å². The molecule has 0 aliphatic carbocycles. The van der Waals surface area contributed by atoms with Gasteiger partial charge in [0, 0.05) is 47.1 Å². The molecule has 1 atom stereocenters. The molecule has 0 saturated carbocycles. The van der Waals surface area contributed by atoms with Gasteiger partial charge in [-0.05, 0) is 6.07 Å². The quantitative estimate of drug-likeness (QED) is 0.340. The molecule has 6 rings (SSSR count). The molecule has 8 nitrogen and oxygen atoms in total. The predicted octanol–water partition coefficient (Wildman–Crippen LogP) is 3.65. The van der Waals surface area contributed by atoms with E-state index in [1.165, 1.54) is 12.1 Å². The molecule has 1 aliphatic heterocycles. The van der Waals surface area contributed by atoms with Crippen LogP contribution in [0.15, 0.2) is 76.3 Å². The summed E-state index contributed by atoms with van der Waals surface area (Å²) in [7, 11) is 0. The Morgan fingerprint density at radius 2 is 1.94 bits per heavy atom. The maximum Gasteiger partial charge on any atom is 0.312 e. The highest BCUT2D eigenvalue weighted by Crippen LogP contribution is 2.46. The molecule has 32 heavy (non-hydrogen) atoms. The van der Waals surface area contributed by atoms with Gasteiger partial charge in [-0.25, -0.2) is 9.50 Å². The fourth-order valence-electron chi connectivity index (χ4n) is 4.26. The normalized spacial score (nSPS) is 15.6. The first-order valence-corrected chi connectivity index (χ1v) is 9.98. The minimum absolute atomic E-state index is 0.0179. The van der Waals surface area contributed by atoms with Gasteiger partial charge in [0.2, 0.25) is 0 Å². The first-order valence-electron chi connectivity index (χ1n) is 9.98. The van der Waals surface area contributed by atoms with Gasteiger partial charge in [-0.15, -0.1) is 0 Å². The summed E-state index contributed by atoms with van der Waals surface area (Å²) in [6.45, 7) is 0. The molecule has 8 heteroatoms. The molecule has 0 fully saturated rings. The molecule has 1 aliphatic rings. The lowest BCUT2D eigenvalue weighted by molar-refractivity contribution is -0.135. The van der Waals surface area contributed by atoms with E-state index < -0.39 is 11.9 Å². The summed E-state index contributed by atoms with van der Waals surface area (Å²) in [5, 5.41) is 14.9. The third-order valence-electron chi connectivity index (χ3n) is 5.67. The van der Waals surface area contributed by atoms with Crippen LogP contribution in [0.5, 0.6) is 11.5 Å². The lowest BCUT2D eigenvalue weighted by Crippen LogP contribution is -2.22. The Balaban J connectivity index is 1.69. The van der Waals surface area contributed by atoms with Crippen molar-refractivity contribution in [3.8, 4) is 22.8 Å². The number of phenols is 1. The molecule has 1 N–H and O–H groups in total. The summed E-state index contributed by atoms with van der Waals surface area (Å²) in [5.41, 5.74) is 2.29. The fourth-order valence-corrected chi connectivity index (χ4v) is 4.26. The van der Waals surface area contributed by atoms with Crippen molar-refractivity contribution in [1.29, 1.82) is 0 Å². The van der Waals surface area contributed by atoms with Crippen LogP contribution in [-0.4, -0.2) is 25.7 Å². The van der Waals surface area contributed by atoms with Gasteiger partial charge in [0.05, 0.1) is 12.6 Å². The zero-order valence-corrected chi connectivity index (χ0v) is 16.6. The summed E-state index contributed by atoms with van der Waals surface area (Å²) >= 11 is 0. The zero-order valence-electron chi connectivity index (χ0n) is 16.6. The number of fused-ring (bicyclic) bond motifs is 4. The number of esters is 1. The number of carbonyl (C=O) groups is 1. The fraction of sp³-hybridized carbons (Fsp3) is 0.0833. The monoisotopic (exact) mass is 425 g/mol. The number of ether oxygens (including phenoxy) is 1. The Kier molecular flexibility index (Phi) is 3.88. The SMILES string of the molecule is O=C1C[C@@H](c2cnn3cccnc23)c2c(cc(O)c3c(=O)cc(-c4ccccc4)oc23)O1. The van der Waals surface area contributed by atoms with E-state index in [4.69, 9.17) is 9.15 Å². The number of hydrogen-bond acceptors (Lipinski definition) is 7. The molecule has 0 bridgehead atoms. The van der Waals surface area contributed by atoms with Gasteiger partial charge in [0.15, 0.2) is 11.1 Å².